The van der Waals surface area contributed by atoms with Gasteiger partial charge in [-0.2, -0.15) is 0 Å². The summed E-state index contributed by atoms with van der Waals surface area (Å²) >= 11 is 0. The van der Waals surface area contributed by atoms with Gasteiger partial charge >= 0.3 is 0 Å². The van der Waals surface area contributed by atoms with Gasteiger partial charge in [0.05, 0.1) is 0 Å². The molecule has 0 N–H and O–H groups in total. The van der Waals surface area contributed by atoms with E-state index in [9.17, 15) is 0 Å². The maximum atomic E-state index is 2.26. The lowest BCUT2D eigenvalue weighted by Crippen LogP contribution is -2.32. The van der Waals surface area contributed by atoms with Gasteiger partial charge in [0.2, 0.25) is 0 Å². The Balaban J connectivity index is 2.61. The Morgan fingerprint density at radius 1 is 1.33 bits per heavy atom. The zero-order chi connectivity index (χ0) is 6.85. The van der Waals surface area contributed by atoms with Gasteiger partial charge in [-0.25, -0.2) is 0 Å². The van der Waals surface area contributed by atoms with Crippen molar-refractivity contribution in [3.63, 3.8) is 0 Å². The molecule has 0 radical (unpaired) electrons. The highest BCUT2D eigenvalue weighted by Crippen LogP contribution is 2.06. The molecular formula is C7H14N2. The van der Waals surface area contributed by atoms with Gasteiger partial charge in [0.1, 0.15) is 0 Å². The standard InChI is InChI=1S/C7H14N2/c1-7-6-8(2)4-5-9(7)3/h6H,4-5H2,1-3H3. The minimum Gasteiger partial charge on any atom is -0.377 e. The van der Waals surface area contributed by atoms with E-state index in [-0.39, 0.29) is 0 Å². The summed E-state index contributed by atoms with van der Waals surface area (Å²) in [5, 5.41) is 0. The average Bonchev–Trinajstić information content (AvgIpc) is 1.80. The molecule has 0 fully saturated rings. The molecule has 52 valence electrons. The van der Waals surface area contributed by atoms with Gasteiger partial charge in [0.15, 0.2) is 0 Å². The lowest BCUT2D eigenvalue weighted by Gasteiger charge is -2.29. The minimum atomic E-state index is 1.15. The van der Waals surface area contributed by atoms with E-state index >= 15 is 0 Å². The van der Waals surface area contributed by atoms with Crippen molar-refractivity contribution in [3.05, 3.63) is 11.9 Å². The quantitative estimate of drug-likeness (QED) is 0.472. The first kappa shape index (κ1) is 6.46. The van der Waals surface area contributed by atoms with Crippen LogP contribution < -0.4 is 0 Å². The van der Waals surface area contributed by atoms with Crippen LogP contribution >= 0.6 is 0 Å². The smallest absolute Gasteiger partial charge is 0.0347 e. The molecule has 1 rings (SSSR count). The van der Waals surface area contributed by atoms with E-state index in [1.165, 1.54) is 5.70 Å². The molecule has 0 spiro atoms. The van der Waals surface area contributed by atoms with Crippen molar-refractivity contribution >= 4 is 0 Å². The van der Waals surface area contributed by atoms with Crippen molar-refractivity contribution in [2.45, 2.75) is 6.92 Å². The summed E-state index contributed by atoms with van der Waals surface area (Å²) in [6.45, 7) is 4.43. The van der Waals surface area contributed by atoms with Crippen molar-refractivity contribution in [1.82, 2.24) is 9.80 Å². The predicted octanol–water partition coefficient (Wildman–Crippen LogP) is 0.725. The molecule has 0 aliphatic carbocycles. The molecule has 0 atom stereocenters. The summed E-state index contributed by atoms with van der Waals surface area (Å²) < 4.78 is 0. The molecular weight excluding hydrogens is 112 g/mol. The molecule has 0 aromatic rings. The molecule has 0 unspecified atom stereocenters. The van der Waals surface area contributed by atoms with Crippen molar-refractivity contribution in [3.8, 4) is 0 Å². The van der Waals surface area contributed by atoms with Crippen LogP contribution in [-0.4, -0.2) is 37.0 Å². The molecule has 1 aliphatic rings. The third-order valence-electron chi connectivity index (χ3n) is 1.80. The van der Waals surface area contributed by atoms with E-state index in [1.807, 2.05) is 0 Å². The monoisotopic (exact) mass is 126 g/mol. The number of rotatable bonds is 0. The lowest BCUT2D eigenvalue weighted by atomic mass is 10.3. The van der Waals surface area contributed by atoms with E-state index in [0.717, 1.165) is 13.1 Å². The van der Waals surface area contributed by atoms with Crippen molar-refractivity contribution < 1.29 is 0 Å². The van der Waals surface area contributed by atoms with Gasteiger partial charge in [0, 0.05) is 39.1 Å². The van der Waals surface area contributed by atoms with Gasteiger partial charge < -0.3 is 9.80 Å². The molecule has 0 amide bonds. The fourth-order valence-electron chi connectivity index (χ4n) is 0.966. The first-order valence-electron chi connectivity index (χ1n) is 3.30. The molecule has 9 heavy (non-hydrogen) atoms. The van der Waals surface area contributed by atoms with Crippen molar-refractivity contribution in [1.29, 1.82) is 0 Å². The summed E-state index contributed by atoms with van der Waals surface area (Å²) in [4.78, 5) is 4.48. The SMILES string of the molecule is CC1=CN(C)CCN1C. The van der Waals surface area contributed by atoms with E-state index in [1.54, 1.807) is 0 Å². The van der Waals surface area contributed by atoms with Gasteiger partial charge in [-0.3, -0.25) is 0 Å². The Hall–Kier alpha value is -0.660. The van der Waals surface area contributed by atoms with Crippen LogP contribution in [0.2, 0.25) is 0 Å². The first-order valence-corrected chi connectivity index (χ1v) is 3.30. The van der Waals surface area contributed by atoms with Crippen LogP contribution in [0.15, 0.2) is 11.9 Å². The highest BCUT2D eigenvalue weighted by Gasteiger charge is 2.06. The Kier molecular flexibility index (Phi) is 1.65. The van der Waals surface area contributed by atoms with Gasteiger partial charge in [-0.05, 0) is 6.92 Å². The largest absolute Gasteiger partial charge is 0.377 e. The predicted molar refractivity (Wildman–Crippen MR) is 39.0 cm³/mol. The summed E-state index contributed by atoms with van der Waals surface area (Å²) in [6, 6.07) is 0. The normalized spacial score (nSPS) is 20.1. The Morgan fingerprint density at radius 2 is 2.00 bits per heavy atom. The van der Waals surface area contributed by atoms with E-state index in [2.05, 4.69) is 37.0 Å². The van der Waals surface area contributed by atoms with E-state index in [4.69, 9.17) is 0 Å². The highest BCUT2D eigenvalue weighted by molar-refractivity contribution is 4.98. The second-order valence-corrected chi connectivity index (χ2v) is 2.67. The number of allylic oxidation sites excluding steroid dienone is 1. The van der Waals surface area contributed by atoms with Crippen LogP contribution in [0.5, 0.6) is 0 Å². The molecule has 0 bridgehead atoms. The summed E-state index contributed by atoms with van der Waals surface area (Å²) in [7, 11) is 4.23. The number of hydrogen-bond acceptors (Lipinski definition) is 2. The third kappa shape index (κ3) is 1.37. The topological polar surface area (TPSA) is 6.48 Å². The molecule has 2 heteroatoms. The Labute approximate surface area is 56.8 Å². The van der Waals surface area contributed by atoms with Crippen molar-refractivity contribution in [2.24, 2.45) is 0 Å². The maximum Gasteiger partial charge on any atom is 0.0347 e. The number of hydrogen-bond donors (Lipinski definition) is 0. The minimum absolute atomic E-state index is 1.15. The second-order valence-electron chi connectivity index (χ2n) is 2.67. The molecule has 1 heterocycles. The third-order valence-corrected chi connectivity index (χ3v) is 1.80. The maximum absolute atomic E-state index is 2.26. The highest BCUT2D eigenvalue weighted by atomic mass is 15.2. The van der Waals surface area contributed by atoms with Crippen LogP contribution in [0.25, 0.3) is 0 Å². The van der Waals surface area contributed by atoms with E-state index in [0.29, 0.717) is 0 Å². The zero-order valence-electron chi connectivity index (χ0n) is 6.39. The van der Waals surface area contributed by atoms with Crippen LogP contribution in [0.4, 0.5) is 0 Å². The fraction of sp³-hybridized carbons (Fsp3) is 0.714. The summed E-state index contributed by atoms with van der Waals surface area (Å²) in [6.07, 6.45) is 2.17. The van der Waals surface area contributed by atoms with Crippen molar-refractivity contribution in [2.75, 3.05) is 27.2 Å². The van der Waals surface area contributed by atoms with Gasteiger partial charge in [0.25, 0.3) is 0 Å². The molecule has 0 aromatic carbocycles. The summed E-state index contributed by atoms with van der Waals surface area (Å²) in [5.41, 5.74) is 1.35. The van der Waals surface area contributed by atoms with Crippen LogP contribution in [-0.2, 0) is 0 Å². The van der Waals surface area contributed by atoms with Crippen LogP contribution in [0.3, 0.4) is 0 Å². The lowest BCUT2D eigenvalue weighted by molar-refractivity contribution is 0.301. The molecule has 2 nitrogen and oxygen atoms in total. The number of likely N-dealkylation sites (N-methyl/N-ethyl adjacent to an activating group) is 2. The molecule has 0 saturated heterocycles. The number of nitrogens with zero attached hydrogens (tertiary/aromatic N) is 2. The first-order chi connectivity index (χ1) is 4.20. The Morgan fingerprint density at radius 3 is 2.44 bits per heavy atom. The van der Waals surface area contributed by atoms with E-state index < -0.39 is 0 Å². The second kappa shape index (κ2) is 2.29. The average molecular weight is 126 g/mol. The molecule has 0 saturated carbocycles. The Bertz CT molecular complexity index is 129. The summed E-state index contributed by atoms with van der Waals surface area (Å²) in [5.74, 6) is 0. The van der Waals surface area contributed by atoms with Gasteiger partial charge in [-0.15, -0.1) is 0 Å². The van der Waals surface area contributed by atoms with Crippen LogP contribution in [0, 0.1) is 0 Å². The zero-order valence-corrected chi connectivity index (χ0v) is 6.39. The molecule has 1 aliphatic heterocycles. The van der Waals surface area contributed by atoms with Gasteiger partial charge in [-0.1, -0.05) is 0 Å². The molecule has 0 aromatic heterocycles. The van der Waals surface area contributed by atoms with Crippen LogP contribution in [0.1, 0.15) is 6.92 Å². The fourth-order valence-corrected chi connectivity index (χ4v) is 0.966.